The van der Waals surface area contributed by atoms with Crippen molar-refractivity contribution < 1.29 is 18.0 Å². The molecular weight excluding hydrogens is 364 g/mol. The van der Waals surface area contributed by atoms with Crippen molar-refractivity contribution in [2.75, 3.05) is 24.2 Å². The van der Waals surface area contributed by atoms with Crippen molar-refractivity contribution in [2.24, 2.45) is 5.92 Å². The van der Waals surface area contributed by atoms with Crippen molar-refractivity contribution in [1.82, 2.24) is 4.90 Å². The number of nitrogens with zero attached hydrogens (tertiary/aromatic N) is 1. The molecule has 0 unspecified atom stereocenters. The molecule has 1 aromatic rings. The molecule has 1 heterocycles. The minimum absolute atomic E-state index is 0.0370. The number of urea groups is 1. The third-order valence-corrected chi connectivity index (χ3v) is 9.23. The second-order valence-corrected chi connectivity index (χ2v) is 10.6. The van der Waals surface area contributed by atoms with Gasteiger partial charge in [0.05, 0.1) is 10.5 Å². The van der Waals surface area contributed by atoms with Gasteiger partial charge in [-0.15, -0.1) is 0 Å². The van der Waals surface area contributed by atoms with Crippen LogP contribution in [-0.2, 0) is 9.84 Å². The van der Waals surface area contributed by atoms with Crippen LogP contribution in [0.15, 0.2) is 24.3 Å². The van der Waals surface area contributed by atoms with E-state index in [2.05, 4.69) is 5.32 Å². The van der Waals surface area contributed by atoms with Crippen LogP contribution in [0.3, 0.4) is 0 Å². The van der Waals surface area contributed by atoms with Crippen LogP contribution in [0.25, 0.3) is 0 Å². The first kappa shape index (κ1) is 18.5. The smallest absolute Gasteiger partial charge is 0.321 e. The summed E-state index contributed by atoms with van der Waals surface area (Å²) in [6.45, 7) is 0.692. The van der Waals surface area contributed by atoms with Gasteiger partial charge in [0.2, 0.25) is 0 Å². The Bertz CT molecular complexity index is 839. The van der Waals surface area contributed by atoms with Crippen LogP contribution >= 0.6 is 0 Å². The normalized spacial score (nSPS) is 23.8. The number of rotatable bonds is 3. The van der Waals surface area contributed by atoms with Crippen LogP contribution in [0.1, 0.15) is 55.3 Å². The van der Waals surface area contributed by atoms with Gasteiger partial charge in [0, 0.05) is 30.3 Å². The van der Waals surface area contributed by atoms with Crippen molar-refractivity contribution >= 4 is 27.3 Å². The summed E-state index contributed by atoms with van der Waals surface area (Å²) >= 11 is 0. The number of amides is 2. The SMILES string of the molecule is O=C(c1ccc(NC(=O)N2CCC3(CCC3)S(=O)(=O)CC2)cc1)C1CCC1. The van der Waals surface area contributed by atoms with E-state index in [9.17, 15) is 18.0 Å². The number of sulfone groups is 1. The van der Waals surface area contributed by atoms with Gasteiger partial charge in [0.25, 0.3) is 0 Å². The monoisotopic (exact) mass is 390 g/mol. The largest absolute Gasteiger partial charge is 0.323 e. The Morgan fingerprint density at radius 1 is 1.00 bits per heavy atom. The fraction of sp³-hybridized carbons (Fsp3) is 0.600. The van der Waals surface area contributed by atoms with Gasteiger partial charge in [-0.1, -0.05) is 12.8 Å². The van der Waals surface area contributed by atoms with E-state index in [4.69, 9.17) is 0 Å². The van der Waals surface area contributed by atoms with E-state index >= 15 is 0 Å². The van der Waals surface area contributed by atoms with Gasteiger partial charge < -0.3 is 10.2 Å². The zero-order chi connectivity index (χ0) is 19.1. The number of nitrogens with one attached hydrogen (secondary N) is 1. The molecule has 1 saturated heterocycles. The van der Waals surface area contributed by atoms with Gasteiger partial charge in [0.1, 0.15) is 0 Å². The standard InChI is InChI=1S/C20H26N2O4S/c23-18(15-3-1-4-15)16-5-7-17(8-6-16)21-19(24)22-12-11-20(9-2-10-20)27(25,26)14-13-22/h5-8,15H,1-4,9-14H2,(H,21,24). The van der Waals surface area contributed by atoms with E-state index in [1.54, 1.807) is 29.2 Å². The summed E-state index contributed by atoms with van der Waals surface area (Å²) in [6.07, 6.45) is 5.99. The molecule has 0 radical (unpaired) electrons. The van der Waals surface area contributed by atoms with Crippen molar-refractivity contribution in [1.29, 1.82) is 0 Å². The third kappa shape index (κ3) is 3.37. The zero-order valence-corrected chi connectivity index (χ0v) is 16.3. The van der Waals surface area contributed by atoms with Crippen molar-refractivity contribution in [3.05, 3.63) is 29.8 Å². The van der Waals surface area contributed by atoms with Crippen LogP contribution < -0.4 is 5.32 Å². The number of carbonyl (C=O) groups excluding carboxylic acids is 2. The van der Waals surface area contributed by atoms with Crippen LogP contribution in [0.4, 0.5) is 10.5 Å². The topological polar surface area (TPSA) is 83.6 Å². The van der Waals surface area contributed by atoms with Crippen LogP contribution in [-0.4, -0.2) is 48.7 Å². The number of carbonyl (C=O) groups is 2. The second-order valence-electron chi connectivity index (χ2n) is 8.09. The summed E-state index contributed by atoms with van der Waals surface area (Å²) in [4.78, 5) is 26.4. The van der Waals surface area contributed by atoms with Gasteiger partial charge in [-0.05, 0) is 56.4 Å². The Morgan fingerprint density at radius 2 is 1.70 bits per heavy atom. The lowest BCUT2D eigenvalue weighted by atomic mass is 9.80. The number of hydrogen-bond donors (Lipinski definition) is 1. The molecule has 1 spiro atoms. The summed E-state index contributed by atoms with van der Waals surface area (Å²) < 4.78 is 24.5. The zero-order valence-electron chi connectivity index (χ0n) is 15.4. The molecule has 3 aliphatic rings. The Hall–Kier alpha value is -1.89. The van der Waals surface area contributed by atoms with Crippen molar-refractivity contribution in [2.45, 2.75) is 49.7 Å². The summed E-state index contributed by atoms with van der Waals surface area (Å²) in [5.74, 6) is 0.376. The van der Waals surface area contributed by atoms with Gasteiger partial charge in [-0.3, -0.25) is 4.79 Å². The molecule has 1 aromatic carbocycles. The molecule has 0 atom stereocenters. The van der Waals surface area contributed by atoms with Gasteiger partial charge in [0.15, 0.2) is 15.6 Å². The number of ketones is 1. The van der Waals surface area contributed by atoms with E-state index in [1.807, 2.05) is 0 Å². The molecule has 1 N–H and O–H groups in total. The Morgan fingerprint density at radius 3 is 2.26 bits per heavy atom. The highest BCUT2D eigenvalue weighted by atomic mass is 32.2. The fourth-order valence-electron chi connectivity index (χ4n) is 4.21. The van der Waals surface area contributed by atoms with Gasteiger partial charge >= 0.3 is 6.03 Å². The first-order valence-corrected chi connectivity index (χ1v) is 11.5. The summed E-state index contributed by atoms with van der Waals surface area (Å²) in [5.41, 5.74) is 1.31. The number of benzene rings is 1. The summed E-state index contributed by atoms with van der Waals surface area (Å²) in [7, 11) is -3.14. The van der Waals surface area contributed by atoms with E-state index < -0.39 is 14.6 Å². The van der Waals surface area contributed by atoms with Crippen LogP contribution in [0.2, 0.25) is 0 Å². The third-order valence-electron chi connectivity index (χ3n) is 6.58. The lowest BCUT2D eigenvalue weighted by molar-refractivity contribution is 0.0855. The van der Waals surface area contributed by atoms with E-state index in [-0.39, 0.29) is 30.0 Å². The highest BCUT2D eigenvalue weighted by Crippen LogP contribution is 2.44. The number of Topliss-reactive ketones (excluding diaryl/α,β-unsaturated/α-hetero) is 1. The highest BCUT2D eigenvalue weighted by molar-refractivity contribution is 7.92. The average Bonchev–Trinajstić information content (AvgIpc) is 2.69. The molecule has 2 amide bonds. The summed E-state index contributed by atoms with van der Waals surface area (Å²) in [5, 5.41) is 2.83. The molecule has 2 aliphatic carbocycles. The van der Waals surface area contributed by atoms with E-state index in [0.29, 0.717) is 24.2 Å². The molecule has 2 saturated carbocycles. The molecule has 3 fully saturated rings. The lowest BCUT2D eigenvalue weighted by Gasteiger charge is -2.39. The molecule has 1 aliphatic heterocycles. The maximum absolute atomic E-state index is 12.6. The molecule has 6 nitrogen and oxygen atoms in total. The van der Waals surface area contributed by atoms with Gasteiger partial charge in [-0.2, -0.15) is 0 Å². The quantitative estimate of drug-likeness (QED) is 0.803. The number of anilines is 1. The van der Waals surface area contributed by atoms with Crippen molar-refractivity contribution in [3.63, 3.8) is 0 Å². The maximum atomic E-state index is 12.6. The first-order chi connectivity index (χ1) is 12.9. The molecular formula is C20H26N2O4S. The second kappa shape index (κ2) is 6.93. The van der Waals surface area contributed by atoms with Gasteiger partial charge in [-0.25, -0.2) is 13.2 Å². The highest BCUT2D eigenvalue weighted by Gasteiger charge is 2.49. The van der Waals surface area contributed by atoms with Crippen molar-refractivity contribution in [3.8, 4) is 0 Å². The minimum atomic E-state index is -3.14. The molecule has 4 rings (SSSR count). The molecule has 146 valence electrons. The average molecular weight is 391 g/mol. The molecule has 0 aromatic heterocycles. The lowest BCUT2D eigenvalue weighted by Crippen LogP contribution is -2.46. The predicted molar refractivity (Wildman–Crippen MR) is 104 cm³/mol. The fourth-order valence-corrected chi connectivity index (χ4v) is 6.42. The van der Waals surface area contributed by atoms with Crippen LogP contribution in [0, 0.1) is 5.92 Å². The maximum Gasteiger partial charge on any atom is 0.321 e. The Kier molecular flexibility index (Phi) is 4.74. The summed E-state index contributed by atoms with van der Waals surface area (Å²) in [6, 6.07) is 6.72. The predicted octanol–water partition coefficient (Wildman–Crippen LogP) is 3.24. The molecule has 7 heteroatoms. The molecule has 0 bridgehead atoms. The Labute approximate surface area is 160 Å². The Balaban J connectivity index is 1.38. The minimum Gasteiger partial charge on any atom is -0.323 e. The van der Waals surface area contributed by atoms with Crippen LogP contribution in [0.5, 0.6) is 0 Å². The van der Waals surface area contributed by atoms with E-state index in [0.717, 1.165) is 38.5 Å². The van der Waals surface area contributed by atoms with E-state index in [1.165, 1.54) is 0 Å². The molecule has 27 heavy (non-hydrogen) atoms. The number of hydrogen-bond acceptors (Lipinski definition) is 4. The first-order valence-electron chi connectivity index (χ1n) is 9.83.